The van der Waals surface area contributed by atoms with E-state index in [1.165, 1.54) is 6.92 Å². The molecule has 0 aliphatic rings. The van der Waals surface area contributed by atoms with Crippen molar-refractivity contribution in [2.24, 2.45) is 0 Å². The monoisotopic (exact) mass is 300 g/mol. The van der Waals surface area contributed by atoms with E-state index in [-0.39, 0.29) is 11.7 Å². The number of ketones is 1. The minimum absolute atomic E-state index is 0.0361. The maximum absolute atomic E-state index is 12.5. The lowest BCUT2D eigenvalue weighted by atomic mass is 10.0. The molecule has 0 atom stereocenters. The SMILES string of the molecule is CCc1c(C(=O)Nc2cccc(OC)c2)[nH]c(C)c1C(C)=O. The first-order valence-corrected chi connectivity index (χ1v) is 7.15. The highest BCUT2D eigenvalue weighted by Crippen LogP contribution is 2.22. The van der Waals surface area contributed by atoms with Crippen molar-refractivity contribution in [2.75, 3.05) is 12.4 Å². The van der Waals surface area contributed by atoms with Crippen LogP contribution in [0.3, 0.4) is 0 Å². The van der Waals surface area contributed by atoms with E-state index in [0.29, 0.717) is 29.1 Å². The van der Waals surface area contributed by atoms with Crippen LogP contribution in [0.1, 0.15) is 46.0 Å². The minimum atomic E-state index is -0.263. The van der Waals surface area contributed by atoms with Gasteiger partial charge in [-0.1, -0.05) is 13.0 Å². The summed E-state index contributed by atoms with van der Waals surface area (Å²) in [6, 6.07) is 7.13. The summed E-state index contributed by atoms with van der Waals surface area (Å²) in [5, 5.41) is 2.83. The van der Waals surface area contributed by atoms with Crippen LogP contribution in [0.5, 0.6) is 5.75 Å². The standard InChI is InChI=1S/C17H20N2O3/c1-5-14-15(11(3)20)10(2)18-16(14)17(21)19-12-7-6-8-13(9-12)22-4/h6-9,18H,5H2,1-4H3,(H,19,21). The number of hydrogen-bond acceptors (Lipinski definition) is 3. The highest BCUT2D eigenvalue weighted by molar-refractivity contribution is 6.07. The molecular weight excluding hydrogens is 280 g/mol. The maximum Gasteiger partial charge on any atom is 0.272 e. The summed E-state index contributed by atoms with van der Waals surface area (Å²) in [5.74, 6) is 0.368. The van der Waals surface area contributed by atoms with Crippen LogP contribution in [0.15, 0.2) is 24.3 Å². The number of aryl methyl sites for hydroxylation is 1. The molecule has 0 saturated carbocycles. The number of carbonyl (C=O) groups excluding carboxylic acids is 2. The zero-order valence-corrected chi connectivity index (χ0v) is 13.2. The Morgan fingerprint density at radius 3 is 2.64 bits per heavy atom. The lowest BCUT2D eigenvalue weighted by molar-refractivity contribution is 0.101. The molecule has 22 heavy (non-hydrogen) atoms. The Labute approximate surface area is 129 Å². The Kier molecular flexibility index (Phi) is 4.65. The number of H-pyrrole nitrogens is 1. The Hall–Kier alpha value is -2.56. The molecule has 1 heterocycles. The number of aromatic nitrogens is 1. The Morgan fingerprint density at radius 1 is 1.32 bits per heavy atom. The average molecular weight is 300 g/mol. The normalized spacial score (nSPS) is 10.4. The van der Waals surface area contributed by atoms with Crippen molar-refractivity contribution in [1.82, 2.24) is 4.98 Å². The molecule has 0 fully saturated rings. The van der Waals surface area contributed by atoms with Gasteiger partial charge in [0.25, 0.3) is 5.91 Å². The van der Waals surface area contributed by atoms with Crippen LogP contribution in [0.4, 0.5) is 5.69 Å². The van der Waals surface area contributed by atoms with Crippen LogP contribution in [0, 0.1) is 6.92 Å². The number of rotatable bonds is 5. The summed E-state index contributed by atoms with van der Waals surface area (Å²) in [5.41, 5.74) is 3.17. The molecule has 2 rings (SSSR count). The third-order valence-electron chi connectivity index (χ3n) is 3.55. The van der Waals surface area contributed by atoms with Gasteiger partial charge in [-0.25, -0.2) is 0 Å². The molecule has 2 N–H and O–H groups in total. The molecule has 0 unspecified atom stereocenters. The second-order valence-corrected chi connectivity index (χ2v) is 5.07. The number of carbonyl (C=O) groups is 2. The van der Waals surface area contributed by atoms with E-state index in [1.54, 1.807) is 38.3 Å². The van der Waals surface area contributed by atoms with Crippen LogP contribution in [-0.2, 0) is 6.42 Å². The third-order valence-corrected chi connectivity index (χ3v) is 3.55. The van der Waals surface area contributed by atoms with Crippen LogP contribution in [-0.4, -0.2) is 23.8 Å². The number of ether oxygens (including phenoxy) is 1. The molecule has 0 saturated heterocycles. The molecule has 0 radical (unpaired) electrons. The smallest absolute Gasteiger partial charge is 0.272 e. The number of amides is 1. The lowest BCUT2D eigenvalue weighted by Gasteiger charge is -2.07. The molecule has 5 heteroatoms. The number of aromatic amines is 1. The molecule has 1 aromatic heterocycles. The number of hydrogen-bond donors (Lipinski definition) is 2. The van der Waals surface area contributed by atoms with E-state index in [0.717, 1.165) is 11.3 Å². The molecule has 116 valence electrons. The van der Waals surface area contributed by atoms with Gasteiger partial charge in [0.1, 0.15) is 11.4 Å². The van der Waals surface area contributed by atoms with E-state index >= 15 is 0 Å². The molecule has 2 aromatic rings. The van der Waals surface area contributed by atoms with Crippen molar-refractivity contribution in [1.29, 1.82) is 0 Å². The van der Waals surface area contributed by atoms with Crippen molar-refractivity contribution in [3.05, 3.63) is 46.8 Å². The van der Waals surface area contributed by atoms with E-state index in [1.807, 2.05) is 6.92 Å². The number of nitrogens with one attached hydrogen (secondary N) is 2. The quantitative estimate of drug-likeness (QED) is 0.832. The second kappa shape index (κ2) is 6.47. The van der Waals surface area contributed by atoms with Gasteiger partial charge in [-0.3, -0.25) is 9.59 Å². The predicted octanol–water partition coefficient (Wildman–Crippen LogP) is 3.35. The highest BCUT2D eigenvalue weighted by atomic mass is 16.5. The number of anilines is 1. The molecule has 0 bridgehead atoms. The molecule has 0 spiro atoms. The predicted molar refractivity (Wildman–Crippen MR) is 85.9 cm³/mol. The first-order valence-electron chi connectivity index (χ1n) is 7.15. The van der Waals surface area contributed by atoms with Gasteiger partial charge in [0.15, 0.2) is 5.78 Å². The van der Waals surface area contributed by atoms with Crippen molar-refractivity contribution < 1.29 is 14.3 Å². The minimum Gasteiger partial charge on any atom is -0.497 e. The first-order chi connectivity index (χ1) is 10.5. The van der Waals surface area contributed by atoms with Gasteiger partial charge in [-0.2, -0.15) is 0 Å². The molecule has 5 nitrogen and oxygen atoms in total. The van der Waals surface area contributed by atoms with Gasteiger partial charge in [0.2, 0.25) is 0 Å². The van der Waals surface area contributed by atoms with Gasteiger partial charge >= 0.3 is 0 Å². The van der Waals surface area contributed by atoms with Crippen LogP contribution in [0.2, 0.25) is 0 Å². The van der Waals surface area contributed by atoms with Gasteiger partial charge in [-0.15, -0.1) is 0 Å². The van der Waals surface area contributed by atoms with Crippen molar-refractivity contribution >= 4 is 17.4 Å². The highest BCUT2D eigenvalue weighted by Gasteiger charge is 2.21. The molecular formula is C17H20N2O3. The summed E-state index contributed by atoms with van der Waals surface area (Å²) in [6.45, 7) is 5.24. The van der Waals surface area contributed by atoms with Gasteiger partial charge in [-0.05, 0) is 38.0 Å². The summed E-state index contributed by atoms with van der Waals surface area (Å²) in [4.78, 5) is 27.3. The van der Waals surface area contributed by atoms with Crippen molar-refractivity contribution in [3.63, 3.8) is 0 Å². The average Bonchev–Trinajstić information content (AvgIpc) is 2.84. The zero-order chi connectivity index (χ0) is 16.3. The lowest BCUT2D eigenvalue weighted by Crippen LogP contribution is -2.14. The molecule has 1 amide bonds. The number of benzene rings is 1. The van der Waals surface area contributed by atoms with Crippen molar-refractivity contribution in [2.45, 2.75) is 27.2 Å². The first kappa shape index (κ1) is 15.8. The van der Waals surface area contributed by atoms with Gasteiger partial charge in [0.05, 0.1) is 7.11 Å². The zero-order valence-electron chi connectivity index (χ0n) is 13.2. The van der Waals surface area contributed by atoms with E-state index in [4.69, 9.17) is 4.74 Å². The molecule has 1 aromatic carbocycles. The summed E-state index contributed by atoms with van der Waals surface area (Å²) in [6.07, 6.45) is 0.611. The van der Waals surface area contributed by atoms with Crippen LogP contribution < -0.4 is 10.1 Å². The van der Waals surface area contributed by atoms with E-state index in [9.17, 15) is 9.59 Å². The van der Waals surface area contributed by atoms with Gasteiger partial charge < -0.3 is 15.0 Å². The number of methoxy groups -OCH3 is 1. The van der Waals surface area contributed by atoms with E-state index in [2.05, 4.69) is 10.3 Å². The Balaban J connectivity index is 2.33. The summed E-state index contributed by atoms with van der Waals surface area (Å²) < 4.78 is 5.14. The maximum atomic E-state index is 12.5. The number of Topliss-reactive ketones (excluding diaryl/α,β-unsaturated/α-hetero) is 1. The molecule has 0 aliphatic carbocycles. The Morgan fingerprint density at radius 2 is 2.05 bits per heavy atom. The van der Waals surface area contributed by atoms with E-state index < -0.39 is 0 Å². The summed E-state index contributed by atoms with van der Waals surface area (Å²) >= 11 is 0. The van der Waals surface area contributed by atoms with Crippen molar-refractivity contribution in [3.8, 4) is 5.75 Å². The largest absolute Gasteiger partial charge is 0.497 e. The Bertz CT molecular complexity index is 717. The molecule has 0 aliphatic heterocycles. The third kappa shape index (κ3) is 3.03. The van der Waals surface area contributed by atoms with Gasteiger partial charge in [0, 0.05) is 23.0 Å². The fraction of sp³-hybridized carbons (Fsp3) is 0.294. The fourth-order valence-electron chi connectivity index (χ4n) is 2.60. The van der Waals surface area contributed by atoms with Crippen LogP contribution >= 0.6 is 0 Å². The second-order valence-electron chi connectivity index (χ2n) is 5.07. The van der Waals surface area contributed by atoms with Crippen LogP contribution in [0.25, 0.3) is 0 Å². The fourth-order valence-corrected chi connectivity index (χ4v) is 2.60. The topological polar surface area (TPSA) is 71.2 Å². The summed E-state index contributed by atoms with van der Waals surface area (Å²) in [7, 11) is 1.57.